The lowest BCUT2D eigenvalue weighted by Crippen LogP contribution is -2.35. The number of nitrogens with one attached hydrogen (secondary N) is 2. The third-order valence-corrected chi connectivity index (χ3v) is 5.62. The third kappa shape index (κ3) is 4.72. The summed E-state index contributed by atoms with van der Waals surface area (Å²) in [6, 6.07) is 5.33. The Morgan fingerprint density at radius 2 is 2.14 bits per heavy atom. The van der Waals surface area contributed by atoms with Crippen LogP contribution in [0.4, 0.5) is 5.95 Å². The summed E-state index contributed by atoms with van der Waals surface area (Å²) in [5.41, 5.74) is 1.61. The molecule has 1 aromatic carbocycles. The van der Waals surface area contributed by atoms with Gasteiger partial charge in [-0.1, -0.05) is 29.3 Å². The lowest BCUT2D eigenvalue weighted by atomic mass is 9.92. The van der Waals surface area contributed by atoms with Gasteiger partial charge in [0, 0.05) is 19.7 Å². The van der Waals surface area contributed by atoms with Crippen molar-refractivity contribution in [2.75, 3.05) is 11.9 Å². The van der Waals surface area contributed by atoms with Crippen molar-refractivity contribution in [3.63, 3.8) is 0 Å². The van der Waals surface area contributed by atoms with Crippen LogP contribution in [0, 0.1) is 0 Å². The number of nitrogens with zero attached hydrogens (tertiary/aromatic N) is 3. The molecule has 0 unspecified atom stereocenters. The van der Waals surface area contributed by atoms with Gasteiger partial charge in [0.1, 0.15) is 5.52 Å². The number of ether oxygens (including phenoxy) is 1. The number of aliphatic hydroxyl groups is 1. The fourth-order valence-electron chi connectivity index (χ4n) is 3.23. The first-order chi connectivity index (χ1) is 14.0. The van der Waals surface area contributed by atoms with Crippen LogP contribution in [-0.2, 0) is 17.8 Å². The molecule has 29 heavy (non-hydrogen) atoms. The summed E-state index contributed by atoms with van der Waals surface area (Å²) in [6.07, 6.45) is 3.63. The summed E-state index contributed by atoms with van der Waals surface area (Å²) in [7, 11) is 0. The van der Waals surface area contributed by atoms with Crippen molar-refractivity contribution in [3.8, 4) is 0 Å². The number of rotatable bonds is 8. The first kappa shape index (κ1) is 20.2. The monoisotopic (exact) mass is 437 g/mol. The van der Waals surface area contributed by atoms with Crippen molar-refractivity contribution in [2.24, 2.45) is 0 Å². The summed E-state index contributed by atoms with van der Waals surface area (Å²) in [5.74, 6) is 0.361. The molecular formula is C19H21Cl2N5O3. The highest BCUT2D eigenvalue weighted by atomic mass is 35.5. The minimum atomic E-state index is -0.257. The van der Waals surface area contributed by atoms with Gasteiger partial charge < -0.3 is 15.2 Å². The number of H-pyrrole nitrogens is 1. The van der Waals surface area contributed by atoms with Gasteiger partial charge in [-0.3, -0.25) is 14.5 Å². The highest BCUT2D eigenvalue weighted by Gasteiger charge is 2.27. The van der Waals surface area contributed by atoms with Crippen LogP contribution in [0.2, 0.25) is 10.0 Å². The first-order valence-corrected chi connectivity index (χ1v) is 10.2. The van der Waals surface area contributed by atoms with Crippen LogP contribution in [0.3, 0.4) is 0 Å². The number of aliphatic hydroxyl groups excluding tert-OH is 1. The highest BCUT2D eigenvalue weighted by Crippen LogP contribution is 2.23. The molecule has 154 valence electrons. The van der Waals surface area contributed by atoms with Crippen LogP contribution in [0.25, 0.3) is 11.0 Å². The second-order valence-corrected chi connectivity index (χ2v) is 7.90. The molecule has 4 rings (SSSR count). The smallest absolute Gasteiger partial charge is 0.278 e. The van der Waals surface area contributed by atoms with Gasteiger partial charge in [0.2, 0.25) is 5.95 Å². The molecule has 0 amide bonds. The van der Waals surface area contributed by atoms with Gasteiger partial charge in [0.15, 0.2) is 5.52 Å². The second-order valence-electron chi connectivity index (χ2n) is 7.09. The molecule has 10 heteroatoms. The van der Waals surface area contributed by atoms with Crippen molar-refractivity contribution >= 4 is 40.2 Å². The van der Waals surface area contributed by atoms with Crippen LogP contribution in [0.5, 0.6) is 0 Å². The zero-order valence-corrected chi connectivity index (χ0v) is 17.1. The van der Waals surface area contributed by atoms with Crippen LogP contribution < -0.4 is 10.9 Å². The van der Waals surface area contributed by atoms with Crippen LogP contribution >= 0.6 is 23.2 Å². The molecule has 1 saturated carbocycles. The zero-order valence-electron chi connectivity index (χ0n) is 15.6. The van der Waals surface area contributed by atoms with E-state index in [4.69, 9.17) is 27.9 Å². The molecule has 0 aliphatic heterocycles. The fourth-order valence-corrected chi connectivity index (χ4v) is 3.55. The molecule has 0 saturated heterocycles. The predicted molar refractivity (Wildman–Crippen MR) is 112 cm³/mol. The Kier molecular flexibility index (Phi) is 6.05. The second kappa shape index (κ2) is 8.71. The number of anilines is 1. The van der Waals surface area contributed by atoms with E-state index < -0.39 is 0 Å². The lowest BCUT2D eigenvalue weighted by molar-refractivity contribution is -0.0717. The van der Waals surface area contributed by atoms with E-state index in [1.165, 1.54) is 0 Å². The molecule has 1 aliphatic carbocycles. The van der Waals surface area contributed by atoms with Gasteiger partial charge in [-0.25, -0.2) is 4.98 Å². The minimum absolute atomic E-state index is 0.147. The first-order valence-electron chi connectivity index (χ1n) is 9.43. The predicted octanol–water partition coefficient (Wildman–Crippen LogP) is 2.97. The number of aromatic nitrogens is 4. The van der Waals surface area contributed by atoms with E-state index in [0.29, 0.717) is 59.6 Å². The van der Waals surface area contributed by atoms with E-state index in [1.54, 1.807) is 23.0 Å². The average molecular weight is 438 g/mol. The maximum atomic E-state index is 12.5. The van der Waals surface area contributed by atoms with Gasteiger partial charge in [-0.05, 0) is 37.0 Å². The summed E-state index contributed by atoms with van der Waals surface area (Å²) in [4.78, 5) is 19.7. The molecule has 0 spiro atoms. The maximum absolute atomic E-state index is 12.5. The quantitative estimate of drug-likeness (QED) is 0.467. The van der Waals surface area contributed by atoms with Crippen LogP contribution in [0.15, 0.2) is 29.2 Å². The summed E-state index contributed by atoms with van der Waals surface area (Å²) < 4.78 is 7.31. The molecule has 0 radical (unpaired) electrons. The lowest BCUT2D eigenvalue weighted by Gasteiger charge is -2.31. The van der Waals surface area contributed by atoms with Crippen molar-refractivity contribution in [2.45, 2.75) is 44.6 Å². The molecule has 8 nitrogen and oxygen atoms in total. The van der Waals surface area contributed by atoms with Crippen LogP contribution in [-0.4, -0.2) is 43.7 Å². The topological polar surface area (TPSA) is 105 Å². The Balaban J connectivity index is 1.37. The molecule has 0 atom stereocenters. The van der Waals surface area contributed by atoms with Gasteiger partial charge in [0.25, 0.3) is 5.56 Å². The van der Waals surface area contributed by atoms with E-state index in [0.717, 1.165) is 12.0 Å². The van der Waals surface area contributed by atoms with E-state index in [2.05, 4.69) is 20.4 Å². The number of aromatic amines is 1. The SMILES string of the molecule is O=c1[nH]c(NCc2ccc(Cl)c(Cl)c2)nc2cnn(CCCOC3CC(O)C3)c12. The molecule has 0 bridgehead atoms. The molecular weight excluding hydrogens is 417 g/mol. The van der Waals surface area contributed by atoms with Crippen molar-refractivity contribution in [1.29, 1.82) is 0 Å². The Morgan fingerprint density at radius 1 is 1.31 bits per heavy atom. The number of fused-ring (bicyclic) bond motifs is 1. The summed E-state index contributed by atoms with van der Waals surface area (Å²) >= 11 is 11.9. The average Bonchev–Trinajstić information content (AvgIpc) is 3.08. The number of aryl methyl sites for hydroxylation is 1. The summed E-state index contributed by atoms with van der Waals surface area (Å²) in [5, 5.41) is 17.6. The van der Waals surface area contributed by atoms with Crippen molar-refractivity contribution in [3.05, 3.63) is 50.4 Å². The normalized spacial score (nSPS) is 18.7. The Bertz CT molecular complexity index is 1060. The van der Waals surface area contributed by atoms with Gasteiger partial charge in [0.05, 0.1) is 28.5 Å². The number of halogens is 2. The standard InChI is InChI=1S/C19H21Cl2N5O3/c20-14-3-2-11(6-15(14)21)9-22-19-24-16-10-23-26(17(16)18(28)25-19)4-1-5-29-13-7-12(27)8-13/h2-3,6,10,12-13,27H,1,4-5,7-9H2,(H2,22,24,25,28). The van der Waals surface area contributed by atoms with Gasteiger partial charge >= 0.3 is 0 Å². The molecule has 1 fully saturated rings. The molecule has 2 aromatic heterocycles. The minimum Gasteiger partial charge on any atom is -0.393 e. The van der Waals surface area contributed by atoms with Crippen LogP contribution in [0.1, 0.15) is 24.8 Å². The van der Waals surface area contributed by atoms with Gasteiger partial charge in [-0.2, -0.15) is 5.10 Å². The molecule has 1 aliphatic rings. The fraction of sp³-hybridized carbons (Fsp3) is 0.421. The Hall–Kier alpha value is -2.13. The van der Waals surface area contributed by atoms with Crippen molar-refractivity contribution in [1.82, 2.24) is 19.7 Å². The highest BCUT2D eigenvalue weighted by molar-refractivity contribution is 6.42. The number of benzene rings is 1. The van der Waals surface area contributed by atoms with E-state index in [-0.39, 0.29) is 17.8 Å². The van der Waals surface area contributed by atoms with E-state index >= 15 is 0 Å². The largest absolute Gasteiger partial charge is 0.393 e. The number of hydrogen-bond donors (Lipinski definition) is 3. The molecule has 3 aromatic rings. The molecule has 3 N–H and O–H groups in total. The maximum Gasteiger partial charge on any atom is 0.278 e. The van der Waals surface area contributed by atoms with Gasteiger partial charge in [-0.15, -0.1) is 0 Å². The molecule has 2 heterocycles. The Labute approximate surface area is 176 Å². The zero-order chi connectivity index (χ0) is 20.4. The van der Waals surface area contributed by atoms with E-state index in [9.17, 15) is 9.90 Å². The Morgan fingerprint density at radius 3 is 2.90 bits per heavy atom. The summed E-state index contributed by atoms with van der Waals surface area (Å²) in [6.45, 7) is 1.56. The third-order valence-electron chi connectivity index (χ3n) is 4.88. The number of hydrogen-bond acceptors (Lipinski definition) is 6. The van der Waals surface area contributed by atoms with Crippen molar-refractivity contribution < 1.29 is 9.84 Å². The van der Waals surface area contributed by atoms with E-state index in [1.807, 2.05) is 6.07 Å².